The molecule has 3 aromatic rings. The van der Waals surface area contributed by atoms with Gasteiger partial charge >= 0.3 is 0 Å². The summed E-state index contributed by atoms with van der Waals surface area (Å²) in [4.78, 5) is 14.3. The smallest absolute Gasteiger partial charge is 0.252 e. The normalized spacial score (nSPS) is 11.0. The molecule has 0 saturated carbocycles. The van der Waals surface area contributed by atoms with Crippen LogP contribution in [-0.2, 0) is 4.79 Å². The minimum Gasteiger partial charge on any atom is -0.345 e. The highest BCUT2D eigenvalue weighted by Gasteiger charge is 2.46. The van der Waals surface area contributed by atoms with Gasteiger partial charge in [-0.15, -0.1) is 0 Å². The lowest BCUT2D eigenvalue weighted by molar-refractivity contribution is -0.124. The summed E-state index contributed by atoms with van der Waals surface area (Å²) in [7, 11) is 1.51. The molecule has 0 spiro atoms. The number of rotatable bonds is 6. The third kappa shape index (κ3) is 3.86. The number of hydrogen-bond acceptors (Lipinski definition) is 1. The van der Waals surface area contributed by atoms with Crippen molar-refractivity contribution in [2.75, 3.05) is 20.3 Å². The van der Waals surface area contributed by atoms with Gasteiger partial charge in [0, 0.05) is 19.7 Å². The average Bonchev–Trinajstić information content (AvgIpc) is 2.73. The van der Waals surface area contributed by atoms with Gasteiger partial charge in [-0.1, -0.05) is 61.2 Å². The summed E-state index contributed by atoms with van der Waals surface area (Å²) in [5.41, 5.74) is 0.643. The van der Waals surface area contributed by atoms with Crippen LogP contribution >= 0.6 is 7.26 Å². The molecule has 0 unspecified atom stereocenters. The van der Waals surface area contributed by atoms with Crippen molar-refractivity contribution in [3.63, 3.8) is 0 Å². The topological polar surface area (TPSA) is 20.3 Å². The van der Waals surface area contributed by atoms with Crippen LogP contribution in [0.25, 0.3) is 0 Å². The van der Waals surface area contributed by atoms with Crippen molar-refractivity contribution in [2.45, 2.75) is 0 Å². The van der Waals surface area contributed by atoms with Crippen LogP contribution in [0, 0.1) is 0 Å². The summed E-state index contributed by atoms with van der Waals surface area (Å²) in [5.74, 6) is -0.0119. The van der Waals surface area contributed by atoms with Gasteiger partial charge in [0.25, 0.3) is 5.91 Å². The summed E-state index contributed by atoms with van der Waals surface area (Å²) in [6.45, 7) is 4.17. The van der Waals surface area contributed by atoms with E-state index in [1.54, 1.807) is 19.0 Å². The molecule has 136 valence electrons. The van der Waals surface area contributed by atoms with Crippen molar-refractivity contribution >= 4 is 29.1 Å². The molecule has 1 amide bonds. The molecule has 0 radical (unpaired) electrons. The quantitative estimate of drug-likeness (QED) is 0.477. The van der Waals surface area contributed by atoms with E-state index >= 15 is 0 Å². The third-order valence-corrected chi connectivity index (χ3v) is 9.12. The number of carbonyl (C=O) groups is 1. The van der Waals surface area contributed by atoms with Gasteiger partial charge in [0.15, 0.2) is 0 Å². The van der Waals surface area contributed by atoms with E-state index in [-0.39, 0.29) is 5.91 Å². The number of amides is 1. The summed E-state index contributed by atoms with van der Waals surface area (Å²) in [6.07, 6.45) is 0.627. The lowest BCUT2D eigenvalue weighted by Crippen LogP contribution is -2.36. The van der Waals surface area contributed by atoms with Crippen molar-refractivity contribution in [1.82, 2.24) is 4.90 Å². The Morgan fingerprint density at radius 2 is 1.07 bits per heavy atom. The molecule has 2 nitrogen and oxygen atoms in total. The first-order chi connectivity index (χ1) is 13.1. The van der Waals surface area contributed by atoms with Gasteiger partial charge in [-0.05, 0) is 36.4 Å². The molecule has 0 aliphatic heterocycles. The fraction of sp³-hybridized carbons (Fsp3) is 0.125. The van der Waals surface area contributed by atoms with Gasteiger partial charge in [0.1, 0.15) is 29.3 Å². The summed E-state index contributed by atoms with van der Waals surface area (Å²) >= 11 is 0. The van der Waals surface area contributed by atoms with Crippen molar-refractivity contribution in [3.8, 4) is 0 Å². The Balaban J connectivity index is 2.26. The van der Waals surface area contributed by atoms with Gasteiger partial charge in [-0.25, -0.2) is 0 Å². The highest BCUT2D eigenvalue weighted by molar-refractivity contribution is 7.95. The van der Waals surface area contributed by atoms with Gasteiger partial charge in [0.05, 0.1) is 0 Å². The molecular weight excluding hydrogens is 349 g/mol. The molecule has 0 atom stereocenters. The molecule has 3 heteroatoms. The summed E-state index contributed by atoms with van der Waals surface area (Å²) in [5, 5.41) is 3.78. The molecule has 27 heavy (non-hydrogen) atoms. The Kier molecular flexibility index (Phi) is 5.88. The number of carbonyl (C=O) groups excluding carboxylic acids is 1. The van der Waals surface area contributed by atoms with Gasteiger partial charge < -0.3 is 4.90 Å². The lowest BCUT2D eigenvalue weighted by Gasteiger charge is -2.28. The Morgan fingerprint density at radius 1 is 0.741 bits per heavy atom. The first kappa shape index (κ1) is 19.1. The first-order valence-electron chi connectivity index (χ1n) is 9.00. The van der Waals surface area contributed by atoms with Crippen LogP contribution < -0.4 is 15.9 Å². The zero-order valence-electron chi connectivity index (χ0n) is 15.9. The van der Waals surface area contributed by atoms with E-state index in [9.17, 15) is 4.79 Å². The van der Waals surface area contributed by atoms with E-state index in [1.165, 1.54) is 15.9 Å². The number of hydrogen-bond donors (Lipinski definition) is 0. The van der Waals surface area contributed by atoms with Crippen LogP contribution in [0.15, 0.2) is 103 Å². The summed E-state index contributed by atoms with van der Waals surface area (Å²) < 4.78 is 0. The molecule has 0 aliphatic carbocycles. The average molecular weight is 374 g/mol. The Hall–Kier alpha value is -2.70. The number of benzene rings is 3. The number of likely N-dealkylation sites (N-methyl/N-ethyl adjacent to an activating group) is 1. The molecular formula is C24H25NOP+. The van der Waals surface area contributed by atoms with Crippen LogP contribution in [0.4, 0.5) is 0 Å². The minimum atomic E-state index is -2.05. The highest BCUT2D eigenvalue weighted by Crippen LogP contribution is 2.56. The number of nitrogens with zero attached hydrogens (tertiary/aromatic N) is 1. The molecule has 0 bridgehead atoms. The second kappa shape index (κ2) is 8.33. The summed E-state index contributed by atoms with van der Waals surface area (Å²) in [6, 6.07) is 31.7. The van der Waals surface area contributed by atoms with E-state index < -0.39 is 7.26 Å². The molecule has 0 heterocycles. The van der Waals surface area contributed by atoms with Gasteiger partial charge in [-0.3, -0.25) is 4.79 Å². The molecule has 0 N–H and O–H groups in total. The second-order valence-corrected chi connectivity index (χ2v) is 10.3. The van der Waals surface area contributed by atoms with Gasteiger partial charge in [-0.2, -0.15) is 0 Å². The van der Waals surface area contributed by atoms with E-state index in [0.29, 0.717) is 11.7 Å². The van der Waals surface area contributed by atoms with Gasteiger partial charge in [0.2, 0.25) is 0 Å². The largest absolute Gasteiger partial charge is 0.345 e. The Bertz CT molecular complexity index is 808. The van der Waals surface area contributed by atoms with Crippen LogP contribution in [0.3, 0.4) is 0 Å². The van der Waals surface area contributed by atoms with E-state index in [2.05, 4.69) is 79.4 Å². The predicted molar refractivity (Wildman–Crippen MR) is 118 cm³/mol. The monoisotopic (exact) mass is 374 g/mol. The second-order valence-electron chi connectivity index (χ2n) is 6.78. The fourth-order valence-electron chi connectivity index (χ4n) is 3.44. The predicted octanol–water partition coefficient (Wildman–Crippen LogP) is 3.62. The van der Waals surface area contributed by atoms with E-state index in [0.717, 1.165) is 0 Å². The van der Waals surface area contributed by atoms with Crippen molar-refractivity contribution in [3.05, 3.63) is 103 Å². The molecule has 0 aliphatic rings. The SMILES string of the molecule is C=C(C[P+](c1ccccc1)(c1ccccc1)c1ccccc1)C(=O)N(C)C. The lowest BCUT2D eigenvalue weighted by atomic mass is 10.3. The maximum absolute atomic E-state index is 12.7. The van der Waals surface area contributed by atoms with Crippen LogP contribution in [-0.4, -0.2) is 31.1 Å². The van der Waals surface area contributed by atoms with Crippen LogP contribution in [0.1, 0.15) is 0 Å². The van der Waals surface area contributed by atoms with Crippen LogP contribution in [0.2, 0.25) is 0 Å². The first-order valence-corrected chi connectivity index (χ1v) is 11.0. The Labute approximate surface area is 162 Å². The standard InChI is InChI=1S/C24H25NOP/c1-20(24(26)25(2)3)19-27(21-13-7-4-8-14-21,22-15-9-5-10-16-22)23-17-11-6-12-18-23/h4-18H,1,19H2,2-3H3/q+1. The van der Waals surface area contributed by atoms with Crippen molar-refractivity contribution < 1.29 is 4.79 Å². The fourth-order valence-corrected chi connectivity index (χ4v) is 7.63. The highest BCUT2D eigenvalue weighted by atomic mass is 31.2. The molecule has 3 aromatic carbocycles. The molecule has 3 rings (SSSR count). The zero-order chi connectivity index (χ0) is 19.3. The molecule has 0 fully saturated rings. The van der Waals surface area contributed by atoms with E-state index in [1.807, 2.05) is 18.2 Å². The third-order valence-electron chi connectivity index (χ3n) is 4.73. The molecule has 0 saturated heterocycles. The maximum atomic E-state index is 12.7. The minimum absolute atomic E-state index is 0.0119. The molecule has 0 aromatic heterocycles. The van der Waals surface area contributed by atoms with Crippen molar-refractivity contribution in [2.24, 2.45) is 0 Å². The zero-order valence-corrected chi connectivity index (χ0v) is 16.8. The van der Waals surface area contributed by atoms with E-state index in [4.69, 9.17) is 0 Å². The Morgan fingerprint density at radius 3 is 1.37 bits per heavy atom. The maximum Gasteiger partial charge on any atom is 0.252 e. The van der Waals surface area contributed by atoms with Crippen molar-refractivity contribution in [1.29, 1.82) is 0 Å². The van der Waals surface area contributed by atoms with Crippen LogP contribution in [0.5, 0.6) is 0 Å².